The summed E-state index contributed by atoms with van der Waals surface area (Å²) in [5, 5.41) is -0.114. The van der Waals surface area contributed by atoms with Crippen LogP contribution in [0, 0.1) is 4.78 Å². The first-order valence-corrected chi connectivity index (χ1v) is 9.81. The molecular weight excluding hydrogens is 394 g/mol. The number of rotatable bonds is 4. The average molecular weight is 410 g/mol. The van der Waals surface area contributed by atoms with Gasteiger partial charge in [-0.05, 0) is 17.7 Å². The second kappa shape index (κ2) is 6.14. The molecule has 0 aliphatic carbocycles. The molecule has 1 aromatic carbocycles. The Morgan fingerprint density at radius 1 is 1.33 bits per heavy atom. The Morgan fingerprint density at radius 3 is 2.62 bits per heavy atom. The summed E-state index contributed by atoms with van der Waals surface area (Å²) >= 11 is 3.37. The molecule has 24 heavy (non-hydrogen) atoms. The Bertz CT molecular complexity index is 912. The molecule has 1 aliphatic heterocycles. The summed E-state index contributed by atoms with van der Waals surface area (Å²) in [5.41, 5.74) is 7.38. The third kappa shape index (κ3) is 3.01. The molecule has 0 bridgehead atoms. The highest BCUT2D eigenvalue weighted by molar-refractivity contribution is 9.10. The van der Waals surface area contributed by atoms with Crippen molar-refractivity contribution in [3.05, 3.63) is 39.9 Å². The van der Waals surface area contributed by atoms with Gasteiger partial charge in [-0.3, -0.25) is 9.69 Å². The maximum Gasteiger partial charge on any atom is 0.233 e. The second-order valence-electron chi connectivity index (χ2n) is 5.44. The van der Waals surface area contributed by atoms with Gasteiger partial charge in [-0.1, -0.05) is 35.0 Å². The standard InChI is InChI=1S/C15H16BrN5O2S/c1-2-24(18,23)15-19-13(17)11-7-12(22)21(14(11)20-15)8-9-3-5-10(16)6-4-9/h3-6,18H,2,7-8H2,1H3,(H2,17,19,20)/t24-/m1/s1. The predicted octanol–water partition coefficient (Wildman–Crippen LogP) is 2.34. The van der Waals surface area contributed by atoms with Crippen molar-refractivity contribution in [2.75, 3.05) is 16.4 Å². The molecule has 0 saturated heterocycles. The Morgan fingerprint density at radius 2 is 2.00 bits per heavy atom. The van der Waals surface area contributed by atoms with Crippen molar-refractivity contribution < 1.29 is 9.00 Å². The Balaban J connectivity index is 2.03. The molecule has 0 radical (unpaired) electrons. The first-order chi connectivity index (χ1) is 11.3. The van der Waals surface area contributed by atoms with E-state index in [1.165, 1.54) is 4.90 Å². The monoisotopic (exact) mass is 409 g/mol. The summed E-state index contributed by atoms with van der Waals surface area (Å²) in [6.07, 6.45) is 0.114. The van der Waals surface area contributed by atoms with E-state index in [9.17, 15) is 9.00 Å². The normalized spacial score (nSPS) is 16.1. The third-order valence-electron chi connectivity index (χ3n) is 3.84. The van der Waals surface area contributed by atoms with Crippen LogP contribution in [0.2, 0.25) is 0 Å². The largest absolute Gasteiger partial charge is 0.383 e. The number of nitrogens with zero attached hydrogens (tertiary/aromatic N) is 3. The molecule has 3 rings (SSSR count). The number of halogens is 1. The fourth-order valence-electron chi connectivity index (χ4n) is 2.44. The quantitative estimate of drug-likeness (QED) is 0.752. The van der Waals surface area contributed by atoms with E-state index < -0.39 is 9.73 Å². The Kier molecular flexibility index (Phi) is 4.31. The van der Waals surface area contributed by atoms with E-state index in [4.69, 9.17) is 10.5 Å². The number of fused-ring (bicyclic) bond motifs is 1. The van der Waals surface area contributed by atoms with Crippen LogP contribution in [0.1, 0.15) is 18.1 Å². The fraction of sp³-hybridized carbons (Fsp3) is 0.267. The van der Waals surface area contributed by atoms with E-state index in [0.29, 0.717) is 17.9 Å². The minimum Gasteiger partial charge on any atom is -0.383 e. The van der Waals surface area contributed by atoms with E-state index in [-0.39, 0.29) is 29.1 Å². The zero-order valence-electron chi connectivity index (χ0n) is 13.0. The lowest BCUT2D eigenvalue weighted by molar-refractivity contribution is -0.117. The number of carbonyl (C=O) groups is 1. The van der Waals surface area contributed by atoms with Crippen LogP contribution >= 0.6 is 15.9 Å². The molecular formula is C15H16BrN5O2S. The van der Waals surface area contributed by atoms with Crippen molar-refractivity contribution in [1.82, 2.24) is 9.97 Å². The number of hydrogen-bond donors (Lipinski definition) is 2. The third-order valence-corrected chi connectivity index (χ3v) is 5.95. The van der Waals surface area contributed by atoms with Crippen molar-refractivity contribution in [1.29, 1.82) is 4.78 Å². The Hall–Kier alpha value is -2.00. The summed E-state index contributed by atoms with van der Waals surface area (Å²) in [6.45, 7) is 1.97. The molecule has 126 valence electrons. The van der Waals surface area contributed by atoms with Crippen LogP contribution in [0.4, 0.5) is 11.6 Å². The van der Waals surface area contributed by atoms with Gasteiger partial charge in [0.05, 0.1) is 13.0 Å². The van der Waals surface area contributed by atoms with Crippen LogP contribution in [0.15, 0.2) is 33.9 Å². The number of aromatic nitrogens is 2. The molecule has 7 nitrogen and oxygen atoms in total. The number of nitrogens with one attached hydrogen (secondary N) is 1. The van der Waals surface area contributed by atoms with Gasteiger partial charge < -0.3 is 5.73 Å². The highest BCUT2D eigenvalue weighted by Crippen LogP contribution is 2.32. The number of benzene rings is 1. The number of nitrogens with two attached hydrogens (primary N) is 1. The van der Waals surface area contributed by atoms with Crippen molar-refractivity contribution in [2.24, 2.45) is 0 Å². The van der Waals surface area contributed by atoms with E-state index in [1.807, 2.05) is 24.3 Å². The van der Waals surface area contributed by atoms with Crippen molar-refractivity contribution in [3.8, 4) is 0 Å². The van der Waals surface area contributed by atoms with Crippen LogP contribution in [-0.4, -0.2) is 25.8 Å². The number of anilines is 2. The molecule has 1 amide bonds. The van der Waals surface area contributed by atoms with Gasteiger partial charge in [0, 0.05) is 15.8 Å². The lowest BCUT2D eigenvalue weighted by Crippen LogP contribution is -2.27. The second-order valence-corrected chi connectivity index (χ2v) is 8.65. The molecule has 2 heterocycles. The summed E-state index contributed by atoms with van der Waals surface area (Å²) in [4.78, 5) is 22.1. The first kappa shape index (κ1) is 16.8. The summed E-state index contributed by atoms with van der Waals surface area (Å²) in [6, 6.07) is 7.59. The summed E-state index contributed by atoms with van der Waals surface area (Å²) < 4.78 is 21.1. The van der Waals surface area contributed by atoms with Gasteiger partial charge in [0.1, 0.15) is 21.4 Å². The SMILES string of the molecule is CC[S@@](=N)(=O)c1nc(N)c2c(n1)N(Cc1ccc(Br)cc1)C(=O)C2. The van der Waals surface area contributed by atoms with Crippen LogP contribution in [0.3, 0.4) is 0 Å². The number of amides is 1. The first-order valence-electron chi connectivity index (χ1n) is 7.29. The molecule has 1 aliphatic rings. The molecule has 2 aromatic rings. The molecule has 0 saturated carbocycles. The van der Waals surface area contributed by atoms with Gasteiger partial charge in [-0.15, -0.1) is 0 Å². The number of hydrogen-bond acceptors (Lipinski definition) is 6. The molecule has 9 heteroatoms. The van der Waals surface area contributed by atoms with Crippen LogP contribution < -0.4 is 10.6 Å². The van der Waals surface area contributed by atoms with E-state index in [0.717, 1.165) is 10.0 Å². The molecule has 0 fully saturated rings. The maximum absolute atomic E-state index is 12.4. The van der Waals surface area contributed by atoms with Crippen molar-refractivity contribution >= 4 is 43.2 Å². The van der Waals surface area contributed by atoms with Crippen LogP contribution in [-0.2, 0) is 27.5 Å². The van der Waals surface area contributed by atoms with Gasteiger partial charge in [0.15, 0.2) is 0 Å². The molecule has 1 aromatic heterocycles. The van der Waals surface area contributed by atoms with E-state index >= 15 is 0 Å². The molecule has 3 N–H and O–H groups in total. The topological polar surface area (TPSA) is 113 Å². The van der Waals surface area contributed by atoms with Gasteiger partial charge in [-0.25, -0.2) is 19.0 Å². The number of nitrogen functional groups attached to an aromatic ring is 1. The summed E-state index contributed by atoms with van der Waals surface area (Å²) in [7, 11) is -3.11. The number of carbonyl (C=O) groups excluding carboxylic acids is 1. The lowest BCUT2D eigenvalue weighted by Gasteiger charge is -2.17. The highest BCUT2D eigenvalue weighted by Gasteiger charge is 2.33. The predicted molar refractivity (Wildman–Crippen MR) is 95.1 cm³/mol. The van der Waals surface area contributed by atoms with Crippen LogP contribution in [0.25, 0.3) is 0 Å². The van der Waals surface area contributed by atoms with Crippen molar-refractivity contribution in [2.45, 2.75) is 25.0 Å². The average Bonchev–Trinajstić information content (AvgIpc) is 2.86. The highest BCUT2D eigenvalue weighted by atomic mass is 79.9. The van der Waals surface area contributed by atoms with Gasteiger partial charge in [0.2, 0.25) is 11.1 Å². The summed E-state index contributed by atoms with van der Waals surface area (Å²) in [5.74, 6) is 0.430. The Labute approximate surface area is 148 Å². The minimum absolute atomic E-state index is 0.0892. The molecule has 0 unspecified atom stereocenters. The van der Waals surface area contributed by atoms with Gasteiger partial charge >= 0.3 is 0 Å². The molecule has 1 atom stereocenters. The minimum atomic E-state index is -3.11. The molecule has 0 spiro atoms. The zero-order valence-corrected chi connectivity index (χ0v) is 15.4. The van der Waals surface area contributed by atoms with Gasteiger partial charge in [-0.2, -0.15) is 0 Å². The van der Waals surface area contributed by atoms with Crippen LogP contribution in [0.5, 0.6) is 0 Å². The van der Waals surface area contributed by atoms with E-state index in [2.05, 4.69) is 25.9 Å². The van der Waals surface area contributed by atoms with Crippen molar-refractivity contribution in [3.63, 3.8) is 0 Å². The van der Waals surface area contributed by atoms with Gasteiger partial charge in [0.25, 0.3) is 0 Å². The smallest absolute Gasteiger partial charge is 0.233 e. The fourth-order valence-corrected chi connectivity index (χ4v) is 3.44. The maximum atomic E-state index is 12.4. The lowest BCUT2D eigenvalue weighted by atomic mass is 10.2. The zero-order chi connectivity index (χ0) is 17.5. The van der Waals surface area contributed by atoms with E-state index in [1.54, 1.807) is 6.92 Å².